The molecule has 66 valence electrons. The molecule has 1 saturated heterocycles. The van der Waals surface area contributed by atoms with Gasteiger partial charge in [0.05, 0.1) is 18.1 Å². The average molecular weight is 179 g/mol. The van der Waals surface area contributed by atoms with Crippen molar-refractivity contribution in [1.82, 2.24) is 5.32 Å². The van der Waals surface area contributed by atoms with Crippen LogP contribution in [0.25, 0.3) is 0 Å². The lowest BCUT2D eigenvalue weighted by molar-refractivity contribution is 0.172. The zero-order valence-electron chi connectivity index (χ0n) is 6.54. The van der Waals surface area contributed by atoms with Crippen LogP contribution in [0.5, 0.6) is 0 Å². The van der Waals surface area contributed by atoms with Gasteiger partial charge < -0.3 is 10.1 Å². The Morgan fingerprint density at radius 1 is 1.64 bits per heavy atom. The van der Waals surface area contributed by atoms with E-state index in [2.05, 4.69) is 5.32 Å². The van der Waals surface area contributed by atoms with Crippen molar-refractivity contribution in [2.45, 2.75) is 6.04 Å². The predicted molar refractivity (Wildman–Crippen MR) is 42.3 cm³/mol. The van der Waals surface area contributed by atoms with E-state index in [1.807, 2.05) is 0 Å². The summed E-state index contributed by atoms with van der Waals surface area (Å²) in [6.07, 6.45) is 0. The zero-order valence-corrected chi connectivity index (χ0v) is 7.36. The van der Waals surface area contributed by atoms with Crippen molar-refractivity contribution in [2.24, 2.45) is 0 Å². The molecule has 11 heavy (non-hydrogen) atoms. The maximum absolute atomic E-state index is 11.0. The van der Waals surface area contributed by atoms with Crippen molar-refractivity contribution in [1.29, 1.82) is 0 Å². The van der Waals surface area contributed by atoms with E-state index in [1.165, 1.54) is 0 Å². The van der Waals surface area contributed by atoms with Crippen molar-refractivity contribution in [3.05, 3.63) is 0 Å². The molecule has 1 aliphatic heterocycles. The Hall–Kier alpha value is -0.130. The summed E-state index contributed by atoms with van der Waals surface area (Å²) in [6.45, 7) is 1.02. The summed E-state index contributed by atoms with van der Waals surface area (Å²) in [5, 5.41) is 3.07. The second kappa shape index (κ2) is 3.51. The summed E-state index contributed by atoms with van der Waals surface area (Å²) >= 11 is 0. The molecule has 0 aromatic heterocycles. The zero-order chi connectivity index (χ0) is 8.32. The molecule has 0 aliphatic carbocycles. The van der Waals surface area contributed by atoms with Crippen molar-refractivity contribution >= 4 is 9.84 Å². The molecule has 1 rings (SSSR count). The smallest absolute Gasteiger partial charge is 0.153 e. The maximum Gasteiger partial charge on any atom is 0.153 e. The van der Waals surface area contributed by atoms with Crippen molar-refractivity contribution in [2.75, 3.05) is 31.8 Å². The fraction of sp³-hybridized carbons (Fsp3) is 1.00. The molecule has 5 heteroatoms. The van der Waals surface area contributed by atoms with Gasteiger partial charge in [0.25, 0.3) is 0 Å². The molecule has 0 radical (unpaired) electrons. The van der Waals surface area contributed by atoms with Gasteiger partial charge in [-0.25, -0.2) is 8.42 Å². The largest absolute Gasteiger partial charge is 0.383 e. The quantitative estimate of drug-likeness (QED) is 0.592. The lowest BCUT2D eigenvalue weighted by Gasteiger charge is -2.22. The maximum atomic E-state index is 11.0. The Morgan fingerprint density at radius 2 is 2.36 bits per heavy atom. The third kappa shape index (κ3) is 2.76. The van der Waals surface area contributed by atoms with Gasteiger partial charge in [0.15, 0.2) is 9.84 Å². The molecule has 1 N–H and O–H groups in total. The van der Waals surface area contributed by atoms with E-state index < -0.39 is 9.84 Å². The molecule has 0 aromatic carbocycles. The normalized spacial score (nSPS) is 30.1. The molecule has 1 heterocycles. The second-order valence-electron chi connectivity index (χ2n) is 2.72. The Balaban J connectivity index is 2.47. The minimum Gasteiger partial charge on any atom is -0.383 e. The summed E-state index contributed by atoms with van der Waals surface area (Å²) in [6, 6.07) is -0.0150. The molecule has 1 unspecified atom stereocenters. The Morgan fingerprint density at radius 3 is 2.91 bits per heavy atom. The highest BCUT2D eigenvalue weighted by Crippen LogP contribution is 2.00. The number of sulfone groups is 1. The van der Waals surface area contributed by atoms with Crippen molar-refractivity contribution < 1.29 is 13.2 Å². The van der Waals surface area contributed by atoms with Gasteiger partial charge in [0.2, 0.25) is 0 Å². The molecule has 0 spiro atoms. The number of rotatable bonds is 2. The van der Waals surface area contributed by atoms with Crippen LogP contribution in [0.4, 0.5) is 0 Å². The van der Waals surface area contributed by atoms with Gasteiger partial charge in [0.1, 0.15) is 0 Å². The molecule has 4 nitrogen and oxygen atoms in total. The van der Waals surface area contributed by atoms with Gasteiger partial charge in [-0.15, -0.1) is 0 Å². The van der Waals surface area contributed by atoms with Crippen LogP contribution in [0, 0.1) is 0 Å². The highest BCUT2D eigenvalue weighted by atomic mass is 32.2. The highest BCUT2D eigenvalue weighted by Gasteiger charge is 2.23. The Kier molecular flexibility index (Phi) is 2.86. The van der Waals surface area contributed by atoms with Gasteiger partial charge in [0, 0.05) is 19.7 Å². The van der Waals surface area contributed by atoms with E-state index in [0.717, 1.165) is 0 Å². The summed E-state index contributed by atoms with van der Waals surface area (Å²) in [5.41, 5.74) is 0. The molecule has 1 aliphatic rings. The third-order valence-electron chi connectivity index (χ3n) is 1.67. The van der Waals surface area contributed by atoms with Crippen LogP contribution >= 0.6 is 0 Å². The third-order valence-corrected chi connectivity index (χ3v) is 3.41. The molecule has 0 aromatic rings. The first kappa shape index (κ1) is 8.96. The minimum absolute atomic E-state index is 0.0150. The minimum atomic E-state index is -2.80. The van der Waals surface area contributed by atoms with E-state index in [0.29, 0.717) is 13.2 Å². The number of ether oxygens (including phenoxy) is 1. The summed E-state index contributed by atoms with van der Waals surface area (Å²) < 4.78 is 26.9. The lowest BCUT2D eigenvalue weighted by atomic mass is 10.3. The Bertz CT molecular complexity index is 210. The fourth-order valence-electron chi connectivity index (χ4n) is 1.18. The number of hydrogen-bond donors (Lipinski definition) is 1. The molecule has 0 bridgehead atoms. The van der Waals surface area contributed by atoms with Crippen LogP contribution in [0.2, 0.25) is 0 Å². The first-order valence-electron chi connectivity index (χ1n) is 3.57. The van der Waals surface area contributed by atoms with Gasteiger partial charge >= 0.3 is 0 Å². The predicted octanol–water partition coefficient (Wildman–Crippen LogP) is -0.981. The van der Waals surface area contributed by atoms with E-state index in [-0.39, 0.29) is 17.5 Å². The van der Waals surface area contributed by atoms with Crippen LogP contribution in [0.1, 0.15) is 0 Å². The van der Waals surface area contributed by atoms with E-state index >= 15 is 0 Å². The van der Waals surface area contributed by atoms with Crippen LogP contribution in [0.3, 0.4) is 0 Å². The monoisotopic (exact) mass is 179 g/mol. The standard InChI is InChI=1S/C6H13NO3S/c1-10-4-6-5-11(8,9)3-2-7-6/h6-7H,2-5H2,1H3. The van der Waals surface area contributed by atoms with Crippen molar-refractivity contribution in [3.63, 3.8) is 0 Å². The summed E-state index contributed by atoms with van der Waals surface area (Å²) in [5.74, 6) is 0.466. The van der Waals surface area contributed by atoms with E-state index in [1.54, 1.807) is 7.11 Å². The van der Waals surface area contributed by atoms with Crippen LogP contribution in [-0.4, -0.2) is 46.2 Å². The second-order valence-corrected chi connectivity index (χ2v) is 4.95. The number of methoxy groups -OCH3 is 1. The number of nitrogens with one attached hydrogen (secondary N) is 1. The van der Waals surface area contributed by atoms with Gasteiger partial charge in [-0.3, -0.25) is 0 Å². The van der Waals surface area contributed by atoms with Crippen molar-refractivity contribution in [3.8, 4) is 0 Å². The first-order chi connectivity index (χ1) is 5.14. The highest BCUT2D eigenvalue weighted by molar-refractivity contribution is 7.91. The first-order valence-corrected chi connectivity index (χ1v) is 5.39. The summed E-state index contributed by atoms with van der Waals surface area (Å²) in [7, 11) is -1.22. The van der Waals surface area contributed by atoms with Crippen LogP contribution in [0.15, 0.2) is 0 Å². The van der Waals surface area contributed by atoms with Crippen LogP contribution in [-0.2, 0) is 14.6 Å². The topological polar surface area (TPSA) is 55.4 Å². The number of hydrogen-bond acceptors (Lipinski definition) is 4. The summed E-state index contributed by atoms with van der Waals surface area (Å²) in [4.78, 5) is 0. The van der Waals surface area contributed by atoms with E-state index in [9.17, 15) is 8.42 Å². The van der Waals surface area contributed by atoms with Gasteiger partial charge in [-0.1, -0.05) is 0 Å². The fourth-order valence-corrected chi connectivity index (χ4v) is 2.60. The molecule has 0 saturated carbocycles. The van der Waals surface area contributed by atoms with Gasteiger partial charge in [-0.2, -0.15) is 0 Å². The molecular weight excluding hydrogens is 166 g/mol. The lowest BCUT2D eigenvalue weighted by Crippen LogP contribution is -2.47. The molecule has 0 amide bonds. The van der Waals surface area contributed by atoms with Gasteiger partial charge in [-0.05, 0) is 0 Å². The molecule has 1 atom stereocenters. The molecular formula is C6H13NO3S. The SMILES string of the molecule is COCC1CS(=O)(=O)CCN1. The Labute approximate surface area is 66.8 Å². The average Bonchev–Trinajstić information content (AvgIpc) is 1.85. The van der Waals surface area contributed by atoms with E-state index in [4.69, 9.17) is 4.74 Å². The molecule has 1 fully saturated rings. The van der Waals surface area contributed by atoms with Crippen LogP contribution < -0.4 is 5.32 Å².